The van der Waals surface area contributed by atoms with E-state index in [1.807, 2.05) is 35.7 Å². The fourth-order valence-electron chi connectivity index (χ4n) is 4.15. The van der Waals surface area contributed by atoms with Gasteiger partial charge in [-0.05, 0) is 35.7 Å². The van der Waals surface area contributed by atoms with Crippen molar-refractivity contribution >= 4 is 51.2 Å². The van der Waals surface area contributed by atoms with Gasteiger partial charge in [0.1, 0.15) is 5.75 Å². The molecule has 4 heterocycles. The second-order valence-corrected chi connectivity index (χ2v) is 9.96. The summed E-state index contributed by atoms with van der Waals surface area (Å²) in [6.07, 6.45) is 0.842. The number of benzene rings is 1. The molecule has 1 saturated heterocycles. The van der Waals surface area contributed by atoms with Gasteiger partial charge in [0.2, 0.25) is 11.8 Å². The number of thiophene rings is 1. The van der Waals surface area contributed by atoms with Crippen LogP contribution in [0.1, 0.15) is 26.7 Å². The highest BCUT2D eigenvalue weighted by Crippen LogP contribution is 2.32. The predicted molar refractivity (Wildman–Crippen MR) is 127 cm³/mol. The third kappa shape index (κ3) is 4.36. The first-order valence-electron chi connectivity index (χ1n) is 10.6. The molecule has 5 rings (SSSR count). The minimum absolute atomic E-state index is 0.0115. The highest BCUT2D eigenvalue weighted by molar-refractivity contribution is 7.16. The van der Waals surface area contributed by atoms with Crippen molar-refractivity contribution in [2.45, 2.75) is 19.4 Å². The van der Waals surface area contributed by atoms with Crippen LogP contribution in [0.2, 0.25) is 0 Å². The van der Waals surface area contributed by atoms with Crippen LogP contribution < -0.4 is 15.0 Å². The lowest BCUT2D eigenvalue weighted by atomic mass is 10.1. The van der Waals surface area contributed by atoms with E-state index in [0.717, 1.165) is 22.0 Å². The summed E-state index contributed by atoms with van der Waals surface area (Å²) in [6, 6.07) is 10.9. The third-order valence-electron chi connectivity index (χ3n) is 5.87. The summed E-state index contributed by atoms with van der Waals surface area (Å²) in [5, 5.41) is 5.26. The molecule has 0 saturated carbocycles. The maximum Gasteiger partial charge on any atom is 0.267 e. The molecule has 0 bridgehead atoms. The summed E-state index contributed by atoms with van der Waals surface area (Å²) in [6.45, 7) is 1.38. The molecule has 10 heteroatoms. The summed E-state index contributed by atoms with van der Waals surface area (Å²) in [7, 11) is 1.60. The van der Waals surface area contributed by atoms with E-state index >= 15 is 0 Å². The van der Waals surface area contributed by atoms with E-state index < -0.39 is 0 Å². The lowest BCUT2D eigenvalue weighted by molar-refractivity contribution is -0.136. The average molecular weight is 483 g/mol. The number of ether oxygens (including phenoxy) is 1. The van der Waals surface area contributed by atoms with Crippen LogP contribution in [-0.2, 0) is 22.6 Å². The molecule has 0 spiro atoms. The largest absolute Gasteiger partial charge is 0.497 e. The summed E-state index contributed by atoms with van der Waals surface area (Å²) in [5.74, 6) is 0.118. The monoisotopic (exact) mass is 482 g/mol. The number of nitrogens with one attached hydrogen (secondary N) is 1. The second-order valence-electron chi connectivity index (χ2n) is 7.93. The van der Waals surface area contributed by atoms with E-state index in [2.05, 4.69) is 10.3 Å². The van der Waals surface area contributed by atoms with Crippen molar-refractivity contribution in [1.29, 1.82) is 0 Å². The average Bonchev–Trinajstić information content (AvgIpc) is 3.57. The van der Waals surface area contributed by atoms with E-state index in [0.29, 0.717) is 36.1 Å². The molecular weight excluding hydrogens is 460 g/mol. The molecule has 2 aromatic heterocycles. The SMILES string of the molecule is COc1ccc(N2CC(C(=O)N3CCc4nc(NC(=O)c5cccs5)sc4C3)CC2=O)cc1. The Morgan fingerprint density at radius 2 is 2.03 bits per heavy atom. The number of hydrogen-bond acceptors (Lipinski definition) is 7. The van der Waals surface area contributed by atoms with Crippen LogP contribution >= 0.6 is 22.7 Å². The fraction of sp³-hybridized carbons (Fsp3) is 0.304. The Morgan fingerprint density at radius 1 is 1.21 bits per heavy atom. The Morgan fingerprint density at radius 3 is 2.76 bits per heavy atom. The zero-order chi connectivity index (χ0) is 22.9. The zero-order valence-corrected chi connectivity index (χ0v) is 19.6. The number of nitrogens with zero attached hydrogens (tertiary/aromatic N) is 3. The predicted octanol–water partition coefficient (Wildman–Crippen LogP) is 3.40. The minimum Gasteiger partial charge on any atom is -0.497 e. The van der Waals surface area contributed by atoms with Gasteiger partial charge in [-0.2, -0.15) is 0 Å². The van der Waals surface area contributed by atoms with Crippen LogP contribution in [0.25, 0.3) is 0 Å². The number of methoxy groups -OCH3 is 1. The number of aromatic nitrogens is 1. The van der Waals surface area contributed by atoms with Gasteiger partial charge in [-0.15, -0.1) is 11.3 Å². The molecule has 8 nitrogen and oxygen atoms in total. The number of thiazole rings is 1. The molecule has 0 aliphatic carbocycles. The minimum atomic E-state index is -0.368. The number of rotatable bonds is 5. The van der Waals surface area contributed by atoms with Crippen LogP contribution in [-0.4, -0.2) is 47.8 Å². The summed E-state index contributed by atoms with van der Waals surface area (Å²) in [4.78, 5) is 47.8. The highest BCUT2D eigenvalue weighted by atomic mass is 32.1. The number of anilines is 2. The van der Waals surface area contributed by atoms with Crippen LogP contribution in [0.3, 0.4) is 0 Å². The second kappa shape index (κ2) is 8.95. The molecule has 0 radical (unpaired) electrons. The van der Waals surface area contributed by atoms with Crippen molar-refractivity contribution in [3.05, 3.63) is 57.2 Å². The van der Waals surface area contributed by atoms with Crippen molar-refractivity contribution in [1.82, 2.24) is 9.88 Å². The highest BCUT2D eigenvalue weighted by Gasteiger charge is 2.38. The van der Waals surface area contributed by atoms with Crippen LogP contribution in [0.4, 0.5) is 10.8 Å². The van der Waals surface area contributed by atoms with Crippen molar-refractivity contribution in [3.8, 4) is 5.75 Å². The first-order chi connectivity index (χ1) is 16.0. The van der Waals surface area contributed by atoms with E-state index in [9.17, 15) is 14.4 Å². The first-order valence-corrected chi connectivity index (χ1v) is 12.3. The van der Waals surface area contributed by atoms with Crippen molar-refractivity contribution < 1.29 is 19.1 Å². The molecule has 3 amide bonds. The number of hydrogen-bond donors (Lipinski definition) is 1. The van der Waals surface area contributed by atoms with E-state index in [-0.39, 0.29) is 30.1 Å². The Kier molecular flexibility index (Phi) is 5.86. The van der Waals surface area contributed by atoms with Crippen molar-refractivity contribution in [2.75, 3.05) is 30.4 Å². The normalized spacial score (nSPS) is 17.7. The van der Waals surface area contributed by atoms with Gasteiger partial charge in [0.05, 0.1) is 30.1 Å². The molecule has 1 aromatic carbocycles. The number of carbonyl (C=O) groups excluding carboxylic acids is 3. The summed E-state index contributed by atoms with van der Waals surface area (Å²) in [5.41, 5.74) is 1.69. The molecule has 170 valence electrons. The Hall–Kier alpha value is -3.24. The van der Waals surface area contributed by atoms with Crippen molar-refractivity contribution in [2.24, 2.45) is 5.92 Å². The van der Waals surface area contributed by atoms with Crippen molar-refractivity contribution in [3.63, 3.8) is 0 Å². The van der Waals surface area contributed by atoms with E-state index in [1.54, 1.807) is 23.0 Å². The molecule has 1 N–H and O–H groups in total. The molecular formula is C23H22N4O4S2. The number of carbonyl (C=O) groups is 3. The maximum atomic E-state index is 13.2. The van der Waals surface area contributed by atoms with Crippen LogP contribution in [0.5, 0.6) is 5.75 Å². The van der Waals surface area contributed by atoms with E-state index in [4.69, 9.17) is 4.74 Å². The fourth-order valence-corrected chi connectivity index (χ4v) is 5.78. The van der Waals surface area contributed by atoms with Gasteiger partial charge >= 0.3 is 0 Å². The quantitative estimate of drug-likeness (QED) is 0.602. The lowest BCUT2D eigenvalue weighted by Gasteiger charge is -2.28. The molecule has 1 fully saturated rings. The maximum absolute atomic E-state index is 13.2. The molecule has 33 heavy (non-hydrogen) atoms. The van der Waals surface area contributed by atoms with Gasteiger partial charge in [-0.25, -0.2) is 4.98 Å². The molecule has 1 atom stereocenters. The Bertz CT molecular complexity index is 1190. The molecule has 2 aliphatic rings. The first kappa shape index (κ1) is 21.6. The number of fused-ring (bicyclic) bond motifs is 1. The molecule has 3 aromatic rings. The van der Waals surface area contributed by atoms with Crippen LogP contribution in [0, 0.1) is 5.92 Å². The smallest absolute Gasteiger partial charge is 0.267 e. The summed E-state index contributed by atoms with van der Waals surface area (Å²) >= 11 is 2.78. The van der Waals surface area contributed by atoms with Gasteiger partial charge in [-0.1, -0.05) is 17.4 Å². The summed E-state index contributed by atoms with van der Waals surface area (Å²) < 4.78 is 5.18. The van der Waals surface area contributed by atoms with Gasteiger partial charge in [0.25, 0.3) is 5.91 Å². The topological polar surface area (TPSA) is 91.8 Å². The molecule has 1 unspecified atom stereocenters. The van der Waals surface area contributed by atoms with Gasteiger partial charge in [0, 0.05) is 36.5 Å². The van der Waals surface area contributed by atoms with Gasteiger partial charge in [-0.3, -0.25) is 19.7 Å². The Balaban J connectivity index is 1.23. The third-order valence-corrected chi connectivity index (χ3v) is 7.73. The Labute approximate surface area is 198 Å². The van der Waals surface area contributed by atoms with Gasteiger partial charge < -0.3 is 14.5 Å². The number of amides is 3. The van der Waals surface area contributed by atoms with E-state index in [1.165, 1.54) is 22.7 Å². The van der Waals surface area contributed by atoms with Gasteiger partial charge in [0.15, 0.2) is 5.13 Å². The standard InChI is InChI=1S/C23H22N4O4S2/c1-31-16-6-4-15(5-7-16)27-12-14(11-20(27)28)22(30)26-9-8-17-19(13-26)33-23(24-17)25-21(29)18-3-2-10-32-18/h2-7,10,14H,8-9,11-13H2,1H3,(H,24,25,29). The molecule has 2 aliphatic heterocycles. The lowest BCUT2D eigenvalue weighted by Crippen LogP contribution is -2.40. The van der Waals surface area contributed by atoms with Crippen LogP contribution in [0.15, 0.2) is 41.8 Å². The zero-order valence-electron chi connectivity index (χ0n) is 17.9.